The minimum absolute atomic E-state index is 0.0167. The van der Waals surface area contributed by atoms with E-state index < -0.39 is 28.0 Å². The van der Waals surface area contributed by atoms with E-state index in [9.17, 15) is 21.6 Å². The molecule has 1 saturated heterocycles. The van der Waals surface area contributed by atoms with Gasteiger partial charge in [0, 0.05) is 31.7 Å². The number of aryl methyl sites for hydroxylation is 2. The van der Waals surface area contributed by atoms with Gasteiger partial charge in [0.15, 0.2) is 10.9 Å². The Morgan fingerprint density at radius 2 is 2.08 bits per heavy atom. The van der Waals surface area contributed by atoms with Crippen LogP contribution in [0, 0.1) is 6.92 Å². The summed E-state index contributed by atoms with van der Waals surface area (Å²) in [6.07, 6.45) is -2.96. The molecule has 0 aliphatic carbocycles. The largest absolute Gasteiger partial charge is 0.471 e. The lowest BCUT2D eigenvalue weighted by molar-refractivity contribution is -0.159. The molecule has 1 aliphatic rings. The molecule has 8 nitrogen and oxygen atoms in total. The van der Waals surface area contributed by atoms with Crippen LogP contribution in [0.5, 0.6) is 0 Å². The first kappa shape index (κ1) is 17.9. The maximum atomic E-state index is 12.7. The summed E-state index contributed by atoms with van der Waals surface area (Å²) >= 11 is 0. The molecule has 2 aromatic rings. The number of sulfonamides is 1. The minimum Gasteiger partial charge on any atom is -0.334 e. The molecule has 0 amide bonds. The van der Waals surface area contributed by atoms with Crippen molar-refractivity contribution < 1.29 is 26.1 Å². The second-order valence-corrected chi connectivity index (χ2v) is 7.60. The van der Waals surface area contributed by atoms with Crippen molar-refractivity contribution >= 4 is 10.0 Å². The summed E-state index contributed by atoms with van der Waals surface area (Å²) < 4.78 is 70.0. The third kappa shape index (κ3) is 3.27. The van der Waals surface area contributed by atoms with Crippen molar-refractivity contribution in [3.8, 4) is 0 Å². The van der Waals surface area contributed by atoms with Crippen molar-refractivity contribution in [2.45, 2.75) is 43.9 Å². The molecule has 3 rings (SSSR count). The number of nitrogens with zero attached hydrogens (tertiary/aromatic N) is 5. The molecular formula is C13H16F3N5O3S. The van der Waals surface area contributed by atoms with E-state index >= 15 is 0 Å². The minimum atomic E-state index is -4.72. The second-order valence-electron chi connectivity index (χ2n) is 5.72. The lowest BCUT2D eigenvalue weighted by Crippen LogP contribution is -2.29. The van der Waals surface area contributed by atoms with Gasteiger partial charge in [-0.25, -0.2) is 13.4 Å². The molecule has 1 atom stereocenters. The van der Waals surface area contributed by atoms with Crippen LogP contribution in [0.1, 0.15) is 36.8 Å². The fourth-order valence-corrected chi connectivity index (χ4v) is 4.22. The molecule has 1 unspecified atom stereocenters. The molecular weight excluding hydrogens is 363 g/mol. The molecule has 0 radical (unpaired) electrons. The first-order chi connectivity index (χ1) is 11.6. The maximum Gasteiger partial charge on any atom is 0.471 e. The van der Waals surface area contributed by atoms with Gasteiger partial charge in [0.25, 0.3) is 10.0 Å². The summed E-state index contributed by atoms with van der Waals surface area (Å²) in [5.74, 6) is -1.55. The van der Waals surface area contributed by atoms with Crippen LogP contribution < -0.4 is 0 Å². The predicted octanol–water partition coefficient (Wildman–Crippen LogP) is 1.79. The third-order valence-electron chi connectivity index (χ3n) is 4.10. The molecule has 25 heavy (non-hydrogen) atoms. The summed E-state index contributed by atoms with van der Waals surface area (Å²) in [6, 6.07) is 0. The number of hydrogen-bond donors (Lipinski definition) is 0. The van der Waals surface area contributed by atoms with Gasteiger partial charge in [0.2, 0.25) is 0 Å². The van der Waals surface area contributed by atoms with Gasteiger partial charge in [-0.2, -0.15) is 22.5 Å². The summed E-state index contributed by atoms with van der Waals surface area (Å²) in [6.45, 7) is 4.29. The maximum absolute atomic E-state index is 12.7. The summed E-state index contributed by atoms with van der Waals surface area (Å²) in [5.41, 5.74) is 0. The molecule has 0 aromatic carbocycles. The van der Waals surface area contributed by atoms with Gasteiger partial charge in [-0.3, -0.25) is 0 Å². The lowest BCUT2D eigenvalue weighted by Gasteiger charge is -2.13. The van der Waals surface area contributed by atoms with Crippen LogP contribution in [0.4, 0.5) is 13.2 Å². The van der Waals surface area contributed by atoms with Gasteiger partial charge in [0.1, 0.15) is 5.82 Å². The van der Waals surface area contributed by atoms with Gasteiger partial charge in [-0.15, -0.1) is 0 Å². The van der Waals surface area contributed by atoms with E-state index in [-0.39, 0.29) is 23.9 Å². The number of aromatic nitrogens is 4. The first-order valence-electron chi connectivity index (χ1n) is 7.57. The Morgan fingerprint density at radius 1 is 1.36 bits per heavy atom. The van der Waals surface area contributed by atoms with Crippen molar-refractivity contribution in [3.05, 3.63) is 23.7 Å². The second kappa shape index (κ2) is 6.09. The highest BCUT2D eigenvalue weighted by atomic mass is 32.2. The van der Waals surface area contributed by atoms with Crippen molar-refractivity contribution in [1.82, 2.24) is 24.0 Å². The molecule has 12 heteroatoms. The van der Waals surface area contributed by atoms with Crippen molar-refractivity contribution in [1.29, 1.82) is 0 Å². The summed E-state index contributed by atoms with van der Waals surface area (Å²) in [4.78, 5) is 7.41. The highest BCUT2D eigenvalue weighted by Gasteiger charge is 2.41. The van der Waals surface area contributed by atoms with Crippen molar-refractivity contribution in [2.75, 3.05) is 13.1 Å². The predicted molar refractivity (Wildman–Crippen MR) is 78.1 cm³/mol. The van der Waals surface area contributed by atoms with Crippen LogP contribution in [0.3, 0.4) is 0 Å². The quantitative estimate of drug-likeness (QED) is 0.804. The Kier molecular flexibility index (Phi) is 4.35. The number of alkyl halides is 3. The fraction of sp³-hybridized carbons (Fsp3) is 0.615. The Morgan fingerprint density at radius 3 is 2.64 bits per heavy atom. The molecule has 1 fully saturated rings. The average Bonchev–Trinajstić information content (AvgIpc) is 3.25. The van der Waals surface area contributed by atoms with Crippen LogP contribution in [0.25, 0.3) is 0 Å². The molecule has 0 bridgehead atoms. The zero-order valence-electron chi connectivity index (χ0n) is 13.5. The topological polar surface area (TPSA) is 94.1 Å². The van der Waals surface area contributed by atoms with Crippen LogP contribution in [-0.4, -0.2) is 45.5 Å². The zero-order valence-corrected chi connectivity index (χ0v) is 14.3. The van der Waals surface area contributed by atoms with Crippen LogP contribution in [0.2, 0.25) is 0 Å². The molecule has 0 N–H and O–H groups in total. The molecule has 3 heterocycles. The Labute approximate surface area is 141 Å². The summed E-state index contributed by atoms with van der Waals surface area (Å²) in [5, 5.41) is 3.27. The highest BCUT2D eigenvalue weighted by Crippen LogP contribution is 2.32. The van der Waals surface area contributed by atoms with Gasteiger partial charge in [-0.05, 0) is 20.3 Å². The number of halogens is 3. The fourth-order valence-electron chi connectivity index (χ4n) is 2.73. The van der Waals surface area contributed by atoms with Gasteiger partial charge >= 0.3 is 12.1 Å². The normalized spacial score (nSPS) is 19.6. The van der Waals surface area contributed by atoms with E-state index in [1.807, 2.05) is 6.92 Å². The molecule has 0 saturated carbocycles. The first-order valence-corrected chi connectivity index (χ1v) is 9.01. The van der Waals surface area contributed by atoms with Gasteiger partial charge in [0.05, 0.1) is 0 Å². The Hall–Kier alpha value is -1.95. The van der Waals surface area contributed by atoms with Gasteiger partial charge in [-0.1, -0.05) is 5.16 Å². The average molecular weight is 379 g/mol. The third-order valence-corrected chi connectivity index (χ3v) is 5.84. The molecule has 1 aliphatic heterocycles. The van der Waals surface area contributed by atoms with E-state index in [0.29, 0.717) is 18.8 Å². The van der Waals surface area contributed by atoms with Crippen LogP contribution in [0.15, 0.2) is 15.7 Å². The summed E-state index contributed by atoms with van der Waals surface area (Å²) in [7, 11) is -3.82. The SMILES string of the molecule is CCn1cc(S(=O)(=O)N2CCC(c3noc(C(F)(F)F)n3)C2)nc1C. The van der Waals surface area contributed by atoms with E-state index in [2.05, 4.69) is 19.6 Å². The van der Waals surface area contributed by atoms with E-state index in [1.165, 1.54) is 10.5 Å². The number of hydrogen-bond acceptors (Lipinski definition) is 6. The van der Waals surface area contributed by atoms with Gasteiger partial charge < -0.3 is 9.09 Å². The van der Waals surface area contributed by atoms with Crippen molar-refractivity contribution in [3.63, 3.8) is 0 Å². The number of imidazole rings is 1. The van der Waals surface area contributed by atoms with Crippen LogP contribution >= 0.6 is 0 Å². The molecule has 2 aromatic heterocycles. The highest BCUT2D eigenvalue weighted by molar-refractivity contribution is 7.89. The van der Waals surface area contributed by atoms with E-state index in [0.717, 1.165) is 0 Å². The van der Waals surface area contributed by atoms with E-state index in [4.69, 9.17) is 0 Å². The molecule has 0 spiro atoms. The van der Waals surface area contributed by atoms with Crippen molar-refractivity contribution in [2.24, 2.45) is 0 Å². The van der Waals surface area contributed by atoms with Crippen LogP contribution in [-0.2, 0) is 22.7 Å². The Bertz CT molecular complexity index is 874. The number of rotatable bonds is 4. The Balaban J connectivity index is 1.78. The lowest BCUT2D eigenvalue weighted by atomic mass is 10.1. The molecule has 138 valence electrons. The smallest absolute Gasteiger partial charge is 0.334 e. The zero-order chi connectivity index (χ0) is 18.4. The van der Waals surface area contributed by atoms with E-state index in [1.54, 1.807) is 11.5 Å². The standard InChI is InChI=1S/C13H16F3N5O3S/c1-3-20-7-10(17-8(20)2)25(22,23)21-5-4-9(6-21)11-18-12(24-19-11)13(14,15)16/h7,9H,3-6H2,1-2H3. The monoisotopic (exact) mass is 379 g/mol.